The Morgan fingerprint density at radius 2 is 1.88 bits per heavy atom. The van der Waals surface area contributed by atoms with Gasteiger partial charge in [-0.2, -0.15) is 0 Å². The molecule has 0 aliphatic carbocycles. The highest BCUT2D eigenvalue weighted by molar-refractivity contribution is 6.30. The predicted molar refractivity (Wildman–Crippen MR) is 102 cm³/mol. The van der Waals surface area contributed by atoms with Crippen LogP contribution in [0.1, 0.15) is 18.9 Å². The third kappa shape index (κ3) is 4.55. The summed E-state index contributed by atoms with van der Waals surface area (Å²) in [5, 5.41) is 3.59. The smallest absolute Gasteiger partial charge is 0.229 e. The molecule has 1 aliphatic rings. The number of halogens is 1. The molecule has 1 atom stereocenters. The second-order valence-corrected chi connectivity index (χ2v) is 6.64. The topological polar surface area (TPSA) is 58.6 Å². The van der Waals surface area contributed by atoms with Crippen molar-refractivity contribution >= 4 is 29.1 Å². The van der Waals surface area contributed by atoms with Gasteiger partial charge in [-0.3, -0.25) is 9.59 Å². The molecule has 26 heavy (non-hydrogen) atoms. The van der Waals surface area contributed by atoms with E-state index in [0.29, 0.717) is 24.6 Å². The minimum absolute atomic E-state index is 0.00551. The summed E-state index contributed by atoms with van der Waals surface area (Å²) >= 11 is 5.85. The number of nitrogens with one attached hydrogen (secondary N) is 1. The van der Waals surface area contributed by atoms with Gasteiger partial charge in [0.25, 0.3) is 0 Å². The first-order valence-corrected chi connectivity index (χ1v) is 9.00. The van der Waals surface area contributed by atoms with Crippen molar-refractivity contribution in [3.63, 3.8) is 0 Å². The highest BCUT2D eigenvalue weighted by atomic mass is 35.5. The average molecular weight is 373 g/mol. The van der Waals surface area contributed by atoms with Crippen molar-refractivity contribution in [2.24, 2.45) is 0 Å². The van der Waals surface area contributed by atoms with E-state index >= 15 is 0 Å². The number of nitrogens with zero attached hydrogens (tertiary/aromatic N) is 1. The van der Waals surface area contributed by atoms with Crippen LogP contribution in [0.2, 0.25) is 5.02 Å². The Morgan fingerprint density at radius 1 is 1.19 bits per heavy atom. The number of hydrogen-bond donors (Lipinski definition) is 1. The number of rotatable bonds is 6. The van der Waals surface area contributed by atoms with Crippen LogP contribution < -0.4 is 15.0 Å². The van der Waals surface area contributed by atoms with Gasteiger partial charge in [-0.25, -0.2) is 0 Å². The summed E-state index contributed by atoms with van der Waals surface area (Å²) < 4.78 is 5.42. The fourth-order valence-electron chi connectivity index (χ4n) is 3.01. The lowest BCUT2D eigenvalue weighted by Crippen LogP contribution is -2.38. The quantitative estimate of drug-likeness (QED) is 0.847. The molecule has 1 saturated heterocycles. The molecule has 0 bridgehead atoms. The maximum absolute atomic E-state index is 12.3. The molecule has 1 N–H and O–H groups in total. The predicted octanol–water partition coefficient (Wildman–Crippen LogP) is 3.20. The Labute approximate surface area is 157 Å². The van der Waals surface area contributed by atoms with E-state index < -0.39 is 0 Å². The summed E-state index contributed by atoms with van der Waals surface area (Å²) in [6.07, 6.45) is 0.574. The molecule has 0 spiro atoms. The van der Waals surface area contributed by atoms with Crippen LogP contribution in [0, 0.1) is 0 Å². The van der Waals surface area contributed by atoms with Gasteiger partial charge >= 0.3 is 0 Å². The zero-order chi connectivity index (χ0) is 18.5. The minimum atomic E-state index is -0.186. The Morgan fingerprint density at radius 3 is 2.54 bits per heavy atom. The number of ether oxygens (including phenoxy) is 1. The van der Waals surface area contributed by atoms with Gasteiger partial charge in [-0.1, -0.05) is 23.7 Å². The molecule has 1 heterocycles. The molecule has 2 aromatic carbocycles. The molecular formula is C20H21ClN2O3. The summed E-state index contributed by atoms with van der Waals surface area (Å²) in [6.45, 7) is 3.00. The first kappa shape index (κ1) is 18.3. The van der Waals surface area contributed by atoms with Crippen LogP contribution in [0.4, 0.5) is 5.69 Å². The van der Waals surface area contributed by atoms with Crippen LogP contribution in [-0.2, 0) is 16.0 Å². The molecule has 6 heteroatoms. The monoisotopic (exact) mass is 372 g/mol. The van der Waals surface area contributed by atoms with Crippen molar-refractivity contribution in [1.82, 2.24) is 5.32 Å². The lowest BCUT2D eigenvalue weighted by molar-refractivity contribution is -0.121. The molecular weight excluding hydrogens is 352 g/mol. The number of carbonyl (C=O) groups excluding carboxylic acids is 2. The van der Waals surface area contributed by atoms with Crippen LogP contribution >= 0.6 is 11.6 Å². The largest absolute Gasteiger partial charge is 0.494 e. The number of anilines is 1. The van der Waals surface area contributed by atoms with E-state index in [1.165, 1.54) is 0 Å². The van der Waals surface area contributed by atoms with Crippen molar-refractivity contribution in [2.45, 2.75) is 25.8 Å². The van der Waals surface area contributed by atoms with Gasteiger partial charge in [0, 0.05) is 23.7 Å². The van der Waals surface area contributed by atoms with E-state index in [4.69, 9.17) is 16.3 Å². The normalized spacial score (nSPS) is 16.6. The van der Waals surface area contributed by atoms with E-state index in [0.717, 1.165) is 17.0 Å². The summed E-state index contributed by atoms with van der Waals surface area (Å²) in [5.74, 6) is 0.681. The summed E-state index contributed by atoms with van der Waals surface area (Å²) in [7, 11) is 0. The van der Waals surface area contributed by atoms with Crippen molar-refractivity contribution in [3.8, 4) is 5.75 Å². The first-order chi connectivity index (χ1) is 12.5. The van der Waals surface area contributed by atoms with E-state index in [9.17, 15) is 9.59 Å². The molecule has 2 amide bonds. The Balaban J connectivity index is 1.56. The molecule has 0 aromatic heterocycles. The molecule has 1 unspecified atom stereocenters. The van der Waals surface area contributed by atoms with Gasteiger partial charge in [0.1, 0.15) is 5.75 Å². The van der Waals surface area contributed by atoms with Gasteiger partial charge < -0.3 is 15.0 Å². The van der Waals surface area contributed by atoms with Gasteiger partial charge in [0.15, 0.2) is 0 Å². The highest BCUT2D eigenvalue weighted by Crippen LogP contribution is 2.24. The third-order valence-corrected chi connectivity index (χ3v) is 4.48. The first-order valence-electron chi connectivity index (χ1n) is 8.62. The third-order valence-electron chi connectivity index (χ3n) is 4.23. The lowest BCUT2D eigenvalue weighted by Gasteiger charge is -2.17. The van der Waals surface area contributed by atoms with Crippen molar-refractivity contribution in [2.75, 3.05) is 18.1 Å². The van der Waals surface area contributed by atoms with Crippen LogP contribution in [0.5, 0.6) is 5.75 Å². The Bertz CT molecular complexity index is 775. The Hall–Kier alpha value is -2.53. The van der Waals surface area contributed by atoms with E-state index in [-0.39, 0.29) is 24.3 Å². The Kier molecular flexibility index (Phi) is 5.78. The van der Waals surface area contributed by atoms with Crippen molar-refractivity contribution in [1.29, 1.82) is 0 Å². The number of benzene rings is 2. The van der Waals surface area contributed by atoms with Gasteiger partial charge in [-0.05, 0) is 48.9 Å². The minimum Gasteiger partial charge on any atom is -0.494 e. The van der Waals surface area contributed by atoms with Gasteiger partial charge in [-0.15, -0.1) is 0 Å². The molecule has 1 aliphatic heterocycles. The van der Waals surface area contributed by atoms with Crippen LogP contribution in [-0.4, -0.2) is 31.0 Å². The molecule has 1 fully saturated rings. The summed E-state index contributed by atoms with van der Waals surface area (Å²) in [5.41, 5.74) is 1.70. The second-order valence-electron chi connectivity index (χ2n) is 6.20. The van der Waals surface area contributed by atoms with E-state index in [1.54, 1.807) is 17.0 Å². The van der Waals surface area contributed by atoms with Crippen LogP contribution in [0.25, 0.3) is 0 Å². The molecule has 136 valence electrons. The molecule has 0 radical (unpaired) electrons. The number of amides is 2. The summed E-state index contributed by atoms with van der Waals surface area (Å²) in [6, 6.07) is 14.4. The van der Waals surface area contributed by atoms with Crippen LogP contribution in [0.15, 0.2) is 48.5 Å². The van der Waals surface area contributed by atoms with E-state index in [2.05, 4.69) is 5.32 Å². The van der Waals surface area contributed by atoms with Crippen LogP contribution in [0.3, 0.4) is 0 Å². The maximum Gasteiger partial charge on any atom is 0.229 e. The zero-order valence-electron chi connectivity index (χ0n) is 14.6. The fraction of sp³-hybridized carbons (Fsp3) is 0.300. The standard InChI is InChI=1S/C20H21ClN2O3/c1-2-26-18-9-7-17(8-10-18)23-13-16(12-20(23)25)22-19(24)11-14-3-5-15(21)6-4-14/h3-10,16H,2,11-13H2,1H3,(H,22,24). The molecule has 0 saturated carbocycles. The molecule has 5 nitrogen and oxygen atoms in total. The molecule has 2 aromatic rings. The van der Waals surface area contributed by atoms with Crippen molar-refractivity contribution in [3.05, 3.63) is 59.1 Å². The highest BCUT2D eigenvalue weighted by Gasteiger charge is 2.31. The summed E-state index contributed by atoms with van der Waals surface area (Å²) in [4.78, 5) is 26.2. The average Bonchev–Trinajstić information content (AvgIpc) is 2.98. The molecule has 3 rings (SSSR count). The van der Waals surface area contributed by atoms with Crippen molar-refractivity contribution < 1.29 is 14.3 Å². The zero-order valence-corrected chi connectivity index (χ0v) is 15.3. The SMILES string of the molecule is CCOc1ccc(N2CC(NC(=O)Cc3ccc(Cl)cc3)CC2=O)cc1. The van der Waals surface area contributed by atoms with E-state index in [1.807, 2.05) is 43.3 Å². The van der Waals surface area contributed by atoms with Gasteiger partial charge in [0.05, 0.1) is 19.1 Å². The fourth-order valence-corrected chi connectivity index (χ4v) is 3.14. The lowest BCUT2D eigenvalue weighted by atomic mass is 10.1. The maximum atomic E-state index is 12.3. The second kappa shape index (κ2) is 8.23. The van der Waals surface area contributed by atoms with Gasteiger partial charge in [0.2, 0.25) is 11.8 Å². The number of hydrogen-bond acceptors (Lipinski definition) is 3. The number of carbonyl (C=O) groups is 2.